The summed E-state index contributed by atoms with van der Waals surface area (Å²) >= 11 is 0. The molecule has 6 heteroatoms. The first kappa shape index (κ1) is 23.1. The van der Waals surface area contributed by atoms with Crippen LogP contribution in [0.3, 0.4) is 0 Å². The Labute approximate surface area is 189 Å². The lowest BCUT2D eigenvalue weighted by Crippen LogP contribution is -2.30. The molecule has 3 rings (SSSR count). The van der Waals surface area contributed by atoms with Gasteiger partial charge in [-0.1, -0.05) is 29.8 Å². The molecular formula is C26H30N2O4. The molecule has 6 nitrogen and oxygen atoms in total. The number of carbonyl (C=O) groups excluding carboxylic acids is 2. The average Bonchev–Trinajstić information content (AvgIpc) is 3.08. The highest BCUT2D eigenvalue weighted by Crippen LogP contribution is 2.23. The fourth-order valence-electron chi connectivity index (χ4n) is 3.65. The number of carbonyl (C=O) groups is 2. The Kier molecular flexibility index (Phi) is 7.36. The number of nitrogens with one attached hydrogen (secondary N) is 1. The number of methoxy groups -OCH3 is 1. The van der Waals surface area contributed by atoms with Crippen LogP contribution in [0.1, 0.15) is 55.7 Å². The Morgan fingerprint density at radius 3 is 2.19 bits per heavy atom. The molecule has 3 aromatic rings. The molecule has 0 saturated heterocycles. The van der Waals surface area contributed by atoms with Crippen molar-refractivity contribution in [3.8, 4) is 5.75 Å². The minimum absolute atomic E-state index is 0.0917. The zero-order valence-electron chi connectivity index (χ0n) is 19.3. The minimum atomic E-state index is -0.383. The van der Waals surface area contributed by atoms with Crippen LogP contribution in [0.2, 0.25) is 0 Å². The number of amides is 1. The average molecular weight is 435 g/mol. The van der Waals surface area contributed by atoms with E-state index < -0.39 is 0 Å². The summed E-state index contributed by atoms with van der Waals surface area (Å²) in [5.74, 6) is 0.222. The van der Waals surface area contributed by atoms with Crippen molar-refractivity contribution in [3.05, 3.63) is 87.7 Å². The number of aromatic amines is 1. The molecule has 0 fully saturated rings. The molecule has 0 aliphatic rings. The van der Waals surface area contributed by atoms with Gasteiger partial charge >= 0.3 is 5.97 Å². The zero-order chi connectivity index (χ0) is 23.3. The largest absolute Gasteiger partial charge is 0.497 e. The second kappa shape index (κ2) is 10.2. The third-order valence-electron chi connectivity index (χ3n) is 5.54. The third kappa shape index (κ3) is 5.19. The quantitative estimate of drug-likeness (QED) is 0.508. The molecule has 1 aromatic heterocycles. The molecule has 1 N–H and O–H groups in total. The van der Waals surface area contributed by atoms with Crippen LogP contribution in [0.15, 0.2) is 48.5 Å². The van der Waals surface area contributed by atoms with Crippen LogP contribution >= 0.6 is 0 Å². The van der Waals surface area contributed by atoms with Gasteiger partial charge in [-0.25, -0.2) is 4.79 Å². The summed E-state index contributed by atoms with van der Waals surface area (Å²) in [6.07, 6.45) is 0. The molecule has 1 amide bonds. The number of hydrogen-bond acceptors (Lipinski definition) is 4. The predicted octanol–water partition coefficient (Wildman–Crippen LogP) is 4.97. The lowest BCUT2D eigenvalue weighted by atomic mass is 10.1. The van der Waals surface area contributed by atoms with Gasteiger partial charge in [0.05, 0.1) is 13.7 Å². The number of aryl methyl sites for hydroxylation is 2. The summed E-state index contributed by atoms with van der Waals surface area (Å²) in [7, 11) is 1.60. The van der Waals surface area contributed by atoms with Gasteiger partial charge in [0.25, 0.3) is 5.91 Å². The molecule has 0 aliphatic carbocycles. The Morgan fingerprint density at radius 1 is 0.938 bits per heavy atom. The molecule has 2 aromatic carbocycles. The molecular weight excluding hydrogens is 404 g/mol. The monoisotopic (exact) mass is 434 g/mol. The van der Waals surface area contributed by atoms with E-state index in [-0.39, 0.29) is 11.9 Å². The Hall–Kier alpha value is -3.54. The Bertz CT molecular complexity index is 1080. The number of hydrogen-bond donors (Lipinski definition) is 1. The second-order valence-corrected chi connectivity index (χ2v) is 7.82. The highest BCUT2D eigenvalue weighted by molar-refractivity contribution is 5.94. The van der Waals surface area contributed by atoms with E-state index in [1.54, 1.807) is 43.2 Å². The number of esters is 1. The minimum Gasteiger partial charge on any atom is -0.497 e. The maximum Gasteiger partial charge on any atom is 0.355 e. The third-order valence-corrected chi connectivity index (χ3v) is 5.54. The highest BCUT2D eigenvalue weighted by Gasteiger charge is 2.23. The van der Waals surface area contributed by atoms with Crippen molar-refractivity contribution in [2.75, 3.05) is 13.7 Å². The standard InChI is InChI=1S/C26H30N2O4/c1-6-32-26(30)24-18(3)23(19(4)27-24)16-28(15-20-9-7-17(2)8-10-20)25(29)21-11-13-22(31-5)14-12-21/h7-14,27H,6,15-16H2,1-5H3. The van der Waals surface area contributed by atoms with Crippen LogP contribution in [0.25, 0.3) is 0 Å². The van der Waals surface area contributed by atoms with Crippen LogP contribution in [-0.2, 0) is 17.8 Å². The maximum absolute atomic E-state index is 13.5. The van der Waals surface area contributed by atoms with Gasteiger partial charge in [-0.15, -0.1) is 0 Å². The molecule has 0 spiro atoms. The summed E-state index contributed by atoms with van der Waals surface area (Å²) in [6, 6.07) is 15.2. The van der Waals surface area contributed by atoms with Crippen LogP contribution in [0, 0.1) is 20.8 Å². The maximum atomic E-state index is 13.5. The number of benzene rings is 2. The normalized spacial score (nSPS) is 10.7. The molecule has 0 atom stereocenters. The van der Waals surface area contributed by atoms with E-state index in [0.717, 1.165) is 27.9 Å². The van der Waals surface area contributed by atoms with E-state index in [1.807, 2.05) is 45.0 Å². The first-order chi connectivity index (χ1) is 15.3. The van der Waals surface area contributed by atoms with Gasteiger partial charge in [-0.3, -0.25) is 4.79 Å². The number of rotatable bonds is 8. The van der Waals surface area contributed by atoms with Crippen molar-refractivity contribution in [1.82, 2.24) is 9.88 Å². The molecule has 168 valence electrons. The van der Waals surface area contributed by atoms with E-state index in [9.17, 15) is 9.59 Å². The van der Waals surface area contributed by atoms with Crippen molar-refractivity contribution in [3.63, 3.8) is 0 Å². The van der Waals surface area contributed by atoms with E-state index >= 15 is 0 Å². The zero-order valence-corrected chi connectivity index (χ0v) is 19.3. The first-order valence-corrected chi connectivity index (χ1v) is 10.7. The molecule has 0 aliphatic heterocycles. The van der Waals surface area contributed by atoms with Crippen LogP contribution in [-0.4, -0.2) is 35.5 Å². The summed E-state index contributed by atoms with van der Waals surface area (Å²) < 4.78 is 10.4. The van der Waals surface area contributed by atoms with Gasteiger partial charge in [0, 0.05) is 24.3 Å². The smallest absolute Gasteiger partial charge is 0.355 e. The molecule has 0 unspecified atom stereocenters. The van der Waals surface area contributed by atoms with Gasteiger partial charge in [-0.05, 0) is 68.7 Å². The first-order valence-electron chi connectivity index (χ1n) is 10.7. The van der Waals surface area contributed by atoms with E-state index in [4.69, 9.17) is 9.47 Å². The van der Waals surface area contributed by atoms with Crippen molar-refractivity contribution >= 4 is 11.9 Å². The number of ether oxygens (including phenoxy) is 2. The lowest BCUT2D eigenvalue weighted by Gasteiger charge is -2.24. The van der Waals surface area contributed by atoms with Crippen LogP contribution in [0.5, 0.6) is 5.75 Å². The van der Waals surface area contributed by atoms with Gasteiger partial charge in [0.1, 0.15) is 11.4 Å². The molecule has 32 heavy (non-hydrogen) atoms. The van der Waals surface area contributed by atoms with Gasteiger partial charge < -0.3 is 19.4 Å². The Morgan fingerprint density at radius 2 is 1.59 bits per heavy atom. The fourth-order valence-corrected chi connectivity index (χ4v) is 3.65. The number of aromatic nitrogens is 1. The van der Waals surface area contributed by atoms with Crippen LogP contribution < -0.4 is 4.74 Å². The summed E-state index contributed by atoms with van der Waals surface area (Å²) in [4.78, 5) is 30.7. The highest BCUT2D eigenvalue weighted by atomic mass is 16.5. The SMILES string of the molecule is CCOC(=O)c1[nH]c(C)c(CN(Cc2ccc(C)cc2)C(=O)c2ccc(OC)cc2)c1C. The summed E-state index contributed by atoms with van der Waals surface area (Å²) in [5, 5.41) is 0. The molecule has 1 heterocycles. The fraction of sp³-hybridized carbons (Fsp3) is 0.308. The lowest BCUT2D eigenvalue weighted by molar-refractivity contribution is 0.0519. The van der Waals surface area contributed by atoms with Gasteiger partial charge in [0.15, 0.2) is 0 Å². The van der Waals surface area contributed by atoms with Crippen molar-refractivity contribution in [2.45, 2.75) is 40.8 Å². The van der Waals surface area contributed by atoms with Gasteiger partial charge in [-0.2, -0.15) is 0 Å². The van der Waals surface area contributed by atoms with Crippen molar-refractivity contribution < 1.29 is 19.1 Å². The molecule has 0 bridgehead atoms. The molecule has 0 radical (unpaired) electrons. The number of nitrogens with zero attached hydrogens (tertiary/aromatic N) is 1. The molecule has 0 saturated carbocycles. The van der Waals surface area contributed by atoms with E-state index in [0.29, 0.717) is 36.7 Å². The Balaban J connectivity index is 1.94. The van der Waals surface area contributed by atoms with E-state index in [2.05, 4.69) is 4.98 Å². The van der Waals surface area contributed by atoms with Gasteiger partial charge in [0.2, 0.25) is 0 Å². The number of H-pyrrole nitrogens is 1. The van der Waals surface area contributed by atoms with Crippen LogP contribution in [0.4, 0.5) is 0 Å². The van der Waals surface area contributed by atoms with Crippen molar-refractivity contribution in [2.24, 2.45) is 0 Å². The van der Waals surface area contributed by atoms with Crippen molar-refractivity contribution in [1.29, 1.82) is 0 Å². The topological polar surface area (TPSA) is 71.6 Å². The second-order valence-electron chi connectivity index (χ2n) is 7.82. The summed E-state index contributed by atoms with van der Waals surface area (Å²) in [6.45, 7) is 8.73. The van der Waals surface area contributed by atoms with E-state index in [1.165, 1.54) is 0 Å². The summed E-state index contributed by atoms with van der Waals surface area (Å²) in [5.41, 5.74) is 5.79. The predicted molar refractivity (Wildman–Crippen MR) is 124 cm³/mol.